The summed E-state index contributed by atoms with van der Waals surface area (Å²) in [6, 6.07) is 14.0. The number of benzene rings is 2. The Bertz CT molecular complexity index is 681. The number of nitrogens with zero attached hydrogens (tertiary/aromatic N) is 1. The zero-order valence-corrected chi connectivity index (χ0v) is 14.9. The van der Waals surface area contributed by atoms with Gasteiger partial charge in [-0.2, -0.15) is 0 Å². The average molecular weight is 326 g/mol. The summed E-state index contributed by atoms with van der Waals surface area (Å²) in [5.74, 6) is 0.876. The summed E-state index contributed by atoms with van der Waals surface area (Å²) in [5, 5.41) is 3.00. The number of hydrogen-bond acceptors (Lipinski definition) is 3. The maximum absolute atomic E-state index is 12.2. The van der Waals surface area contributed by atoms with E-state index in [2.05, 4.69) is 17.4 Å². The van der Waals surface area contributed by atoms with Crippen LogP contribution in [0.25, 0.3) is 0 Å². The summed E-state index contributed by atoms with van der Waals surface area (Å²) in [5.41, 5.74) is 4.42. The SMILES string of the molecule is COc1ccc(CCN(C)CC(=O)Nc2cccc(C)c2C)cc1. The van der Waals surface area contributed by atoms with E-state index in [1.165, 1.54) is 11.1 Å². The van der Waals surface area contributed by atoms with Crippen molar-refractivity contribution in [3.05, 3.63) is 59.2 Å². The summed E-state index contributed by atoms with van der Waals surface area (Å²) >= 11 is 0. The van der Waals surface area contributed by atoms with Crippen molar-refractivity contribution in [3.8, 4) is 5.75 Å². The van der Waals surface area contributed by atoms with Crippen LogP contribution in [0.5, 0.6) is 5.75 Å². The van der Waals surface area contributed by atoms with Gasteiger partial charge in [0, 0.05) is 12.2 Å². The number of amides is 1. The molecule has 0 aliphatic heterocycles. The number of hydrogen-bond donors (Lipinski definition) is 1. The van der Waals surface area contributed by atoms with Crippen LogP contribution in [0.2, 0.25) is 0 Å². The smallest absolute Gasteiger partial charge is 0.238 e. The van der Waals surface area contributed by atoms with Crippen LogP contribution in [-0.4, -0.2) is 38.1 Å². The highest BCUT2D eigenvalue weighted by Gasteiger charge is 2.09. The summed E-state index contributed by atoms with van der Waals surface area (Å²) < 4.78 is 5.16. The molecule has 128 valence electrons. The van der Waals surface area contributed by atoms with E-state index in [9.17, 15) is 4.79 Å². The van der Waals surface area contributed by atoms with Crippen molar-refractivity contribution in [1.29, 1.82) is 0 Å². The lowest BCUT2D eigenvalue weighted by Crippen LogP contribution is -2.31. The monoisotopic (exact) mass is 326 g/mol. The number of nitrogens with one attached hydrogen (secondary N) is 1. The second-order valence-electron chi connectivity index (χ2n) is 6.13. The maximum Gasteiger partial charge on any atom is 0.238 e. The zero-order chi connectivity index (χ0) is 17.5. The van der Waals surface area contributed by atoms with E-state index in [0.717, 1.165) is 30.0 Å². The Morgan fingerprint density at radius 3 is 2.50 bits per heavy atom. The van der Waals surface area contributed by atoms with Crippen molar-refractivity contribution >= 4 is 11.6 Å². The Morgan fingerprint density at radius 1 is 1.12 bits per heavy atom. The molecule has 2 aromatic carbocycles. The van der Waals surface area contributed by atoms with Crippen molar-refractivity contribution in [2.75, 3.05) is 32.6 Å². The van der Waals surface area contributed by atoms with Crippen LogP contribution in [0.15, 0.2) is 42.5 Å². The second kappa shape index (κ2) is 8.50. The molecule has 0 fully saturated rings. The van der Waals surface area contributed by atoms with Gasteiger partial charge in [-0.05, 0) is 62.2 Å². The third-order valence-electron chi connectivity index (χ3n) is 4.23. The highest BCUT2D eigenvalue weighted by Crippen LogP contribution is 2.17. The first-order chi connectivity index (χ1) is 11.5. The number of carbonyl (C=O) groups excluding carboxylic acids is 1. The van der Waals surface area contributed by atoms with Gasteiger partial charge in [-0.25, -0.2) is 0 Å². The standard InChI is InChI=1S/C20H26N2O2/c1-15-6-5-7-19(16(15)2)21-20(23)14-22(3)13-12-17-8-10-18(24-4)11-9-17/h5-11H,12-14H2,1-4H3,(H,21,23). The van der Waals surface area contributed by atoms with Crippen molar-refractivity contribution in [2.24, 2.45) is 0 Å². The number of rotatable bonds is 7. The molecule has 1 N–H and O–H groups in total. The van der Waals surface area contributed by atoms with Crippen LogP contribution in [0.1, 0.15) is 16.7 Å². The normalized spacial score (nSPS) is 10.7. The van der Waals surface area contributed by atoms with Gasteiger partial charge in [0.15, 0.2) is 0 Å². The van der Waals surface area contributed by atoms with E-state index in [1.807, 2.05) is 56.1 Å². The Kier molecular flexibility index (Phi) is 6.38. The summed E-state index contributed by atoms with van der Waals surface area (Å²) in [7, 11) is 3.63. The van der Waals surface area contributed by atoms with Gasteiger partial charge < -0.3 is 10.1 Å². The average Bonchev–Trinajstić information content (AvgIpc) is 2.57. The quantitative estimate of drug-likeness (QED) is 0.847. The van der Waals surface area contributed by atoms with Crippen LogP contribution >= 0.6 is 0 Å². The van der Waals surface area contributed by atoms with Gasteiger partial charge in [0.2, 0.25) is 5.91 Å². The lowest BCUT2D eigenvalue weighted by atomic mass is 10.1. The van der Waals surface area contributed by atoms with Gasteiger partial charge in [-0.3, -0.25) is 9.69 Å². The molecule has 24 heavy (non-hydrogen) atoms. The largest absolute Gasteiger partial charge is 0.497 e. The van der Waals surface area contributed by atoms with Crippen LogP contribution in [0.4, 0.5) is 5.69 Å². The second-order valence-corrected chi connectivity index (χ2v) is 6.13. The molecule has 0 saturated heterocycles. The first-order valence-electron chi connectivity index (χ1n) is 8.17. The van der Waals surface area contributed by atoms with Crippen LogP contribution in [0.3, 0.4) is 0 Å². The van der Waals surface area contributed by atoms with Crippen molar-refractivity contribution in [2.45, 2.75) is 20.3 Å². The van der Waals surface area contributed by atoms with Crippen molar-refractivity contribution in [1.82, 2.24) is 4.90 Å². The fourth-order valence-corrected chi connectivity index (χ4v) is 2.51. The van der Waals surface area contributed by atoms with Gasteiger partial charge in [-0.1, -0.05) is 24.3 Å². The minimum Gasteiger partial charge on any atom is -0.497 e. The van der Waals surface area contributed by atoms with Crippen LogP contribution < -0.4 is 10.1 Å². The molecule has 0 heterocycles. The summed E-state index contributed by atoms with van der Waals surface area (Å²) in [6.07, 6.45) is 0.900. The Hall–Kier alpha value is -2.33. The lowest BCUT2D eigenvalue weighted by molar-refractivity contribution is -0.117. The van der Waals surface area contributed by atoms with Gasteiger partial charge in [0.1, 0.15) is 5.75 Å². The minimum absolute atomic E-state index is 0.0148. The predicted octanol–water partition coefficient (Wildman–Crippen LogP) is 3.43. The molecule has 4 heteroatoms. The van der Waals surface area contributed by atoms with Crippen LogP contribution in [0, 0.1) is 13.8 Å². The molecule has 1 amide bonds. The van der Waals surface area contributed by atoms with Gasteiger partial charge >= 0.3 is 0 Å². The molecule has 0 unspecified atom stereocenters. The fraction of sp³-hybridized carbons (Fsp3) is 0.350. The molecule has 0 aliphatic rings. The van der Waals surface area contributed by atoms with E-state index in [1.54, 1.807) is 7.11 Å². The first kappa shape index (κ1) is 18.0. The molecule has 0 bridgehead atoms. The number of likely N-dealkylation sites (N-methyl/N-ethyl adjacent to an activating group) is 1. The third kappa shape index (κ3) is 5.10. The molecule has 4 nitrogen and oxygen atoms in total. The third-order valence-corrected chi connectivity index (χ3v) is 4.23. The molecule has 0 aromatic heterocycles. The molecule has 0 saturated carbocycles. The molecule has 0 aliphatic carbocycles. The molecule has 0 spiro atoms. The molecule has 2 aromatic rings. The Labute approximate surface area is 144 Å². The molecule has 2 rings (SSSR count). The van der Waals surface area contributed by atoms with Crippen molar-refractivity contribution in [3.63, 3.8) is 0 Å². The van der Waals surface area contributed by atoms with E-state index >= 15 is 0 Å². The molecule has 0 atom stereocenters. The van der Waals surface area contributed by atoms with E-state index in [-0.39, 0.29) is 5.91 Å². The topological polar surface area (TPSA) is 41.6 Å². The Balaban J connectivity index is 1.81. The van der Waals surface area contributed by atoms with Gasteiger partial charge in [0.25, 0.3) is 0 Å². The molecular weight excluding hydrogens is 300 g/mol. The predicted molar refractivity (Wildman–Crippen MR) is 98.7 cm³/mol. The van der Waals surface area contributed by atoms with E-state index < -0.39 is 0 Å². The first-order valence-corrected chi connectivity index (χ1v) is 8.17. The molecule has 0 radical (unpaired) electrons. The lowest BCUT2D eigenvalue weighted by Gasteiger charge is -2.17. The highest BCUT2D eigenvalue weighted by molar-refractivity contribution is 5.93. The number of carbonyl (C=O) groups is 1. The van der Waals surface area contributed by atoms with Crippen molar-refractivity contribution < 1.29 is 9.53 Å². The number of methoxy groups -OCH3 is 1. The maximum atomic E-state index is 12.2. The van der Waals surface area contributed by atoms with Crippen LogP contribution in [-0.2, 0) is 11.2 Å². The number of anilines is 1. The van der Waals surface area contributed by atoms with Gasteiger partial charge in [-0.15, -0.1) is 0 Å². The summed E-state index contributed by atoms with van der Waals surface area (Å²) in [6.45, 7) is 5.28. The van der Waals surface area contributed by atoms with E-state index in [4.69, 9.17) is 4.74 Å². The number of ether oxygens (including phenoxy) is 1. The molecular formula is C20H26N2O2. The zero-order valence-electron chi connectivity index (χ0n) is 14.9. The fourth-order valence-electron chi connectivity index (χ4n) is 2.51. The Morgan fingerprint density at radius 2 is 1.83 bits per heavy atom. The highest BCUT2D eigenvalue weighted by atomic mass is 16.5. The number of aryl methyl sites for hydroxylation is 1. The van der Waals surface area contributed by atoms with E-state index in [0.29, 0.717) is 6.54 Å². The van der Waals surface area contributed by atoms with Gasteiger partial charge in [0.05, 0.1) is 13.7 Å². The summed E-state index contributed by atoms with van der Waals surface area (Å²) in [4.78, 5) is 14.2. The minimum atomic E-state index is 0.0148.